The van der Waals surface area contributed by atoms with Crippen LogP contribution >= 0.6 is 0 Å². The van der Waals surface area contributed by atoms with Crippen molar-refractivity contribution < 1.29 is 39.6 Å². The second-order valence-electron chi connectivity index (χ2n) is 24.2. The number of nitrogens with two attached hydrogens (primary N) is 1. The highest BCUT2D eigenvalue weighted by atomic mass is 16.3. The molecule has 0 fully saturated rings. The van der Waals surface area contributed by atoms with Crippen molar-refractivity contribution in [2.45, 2.75) is 132 Å². The van der Waals surface area contributed by atoms with Gasteiger partial charge >= 0.3 is 0 Å². The summed E-state index contributed by atoms with van der Waals surface area (Å²) >= 11 is 0. The average Bonchev–Trinajstić information content (AvgIpc) is 4.29. The average molecular weight is 1120 g/mol. The maximum atomic E-state index is 12.7. The van der Waals surface area contributed by atoms with Crippen molar-refractivity contribution in [3.63, 3.8) is 0 Å². The molecule has 0 atom stereocenters. The maximum absolute atomic E-state index is 12.7. The third kappa shape index (κ3) is 15.6. The Morgan fingerprint density at radius 1 is 0.476 bits per heavy atom. The van der Waals surface area contributed by atoms with Crippen molar-refractivity contribution in [1.29, 1.82) is 0 Å². The Kier molecular flexibility index (Phi) is 19.5. The quantitative estimate of drug-likeness (QED) is 0.0679. The highest BCUT2D eigenvalue weighted by Gasteiger charge is 2.33. The minimum absolute atomic E-state index is 0.196. The molecule has 4 heterocycles. The molecule has 20 nitrogen and oxygen atoms in total. The molecule has 436 valence electrons. The molecule has 8 aromatic rings. The Hall–Kier alpha value is -9.20. The lowest BCUT2D eigenvalue weighted by Gasteiger charge is -2.30. The number of aromatic hydroxyl groups is 4. The molecule has 0 aliphatic rings. The number of nitrogens with zero attached hydrogens (tertiary/aromatic N) is 6. The lowest BCUT2D eigenvalue weighted by molar-refractivity contribution is 0.0995. The largest absolute Gasteiger partial charge is 0.507 e. The predicted octanol–water partition coefficient (Wildman–Crippen LogP) is 11.4. The van der Waals surface area contributed by atoms with Gasteiger partial charge in [-0.15, -0.1) is 0 Å². The monoisotopic (exact) mass is 1120 g/mol. The van der Waals surface area contributed by atoms with Gasteiger partial charge in [-0.1, -0.05) is 83.1 Å². The van der Waals surface area contributed by atoms with Crippen LogP contribution in [0.4, 0.5) is 17.8 Å². The van der Waals surface area contributed by atoms with Crippen molar-refractivity contribution in [2.24, 2.45) is 19.8 Å². The van der Waals surface area contributed by atoms with Gasteiger partial charge in [0, 0.05) is 108 Å². The van der Waals surface area contributed by atoms with Crippen LogP contribution in [0.2, 0.25) is 0 Å². The van der Waals surface area contributed by atoms with Crippen LogP contribution in [-0.2, 0) is 35.8 Å². The minimum atomic E-state index is -0.535. The Labute approximate surface area is 479 Å². The van der Waals surface area contributed by atoms with Crippen molar-refractivity contribution in [1.82, 2.24) is 39.0 Å². The van der Waals surface area contributed by atoms with E-state index in [0.717, 1.165) is 11.1 Å². The summed E-state index contributed by atoms with van der Waals surface area (Å²) in [6.07, 6.45) is 13.3. The highest BCUT2D eigenvalue weighted by molar-refractivity contribution is 6.05. The van der Waals surface area contributed by atoms with E-state index in [-0.39, 0.29) is 57.0 Å². The fourth-order valence-corrected chi connectivity index (χ4v) is 8.73. The van der Waals surface area contributed by atoms with E-state index in [0.29, 0.717) is 84.9 Å². The van der Waals surface area contributed by atoms with Crippen LogP contribution in [0, 0.1) is 27.7 Å². The maximum Gasteiger partial charge on any atom is 0.257 e. The van der Waals surface area contributed by atoms with Crippen molar-refractivity contribution in [3.8, 4) is 34.4 Å². The molecule has 0 aliphatic heterocycles. The second kappa shape index (κ2) is 25.1. The van der Waals surface area contributed by atoms with Crippen LogP contribution in [0.1, 0.15) is 169 Å². The summed E-state index contributed by atoms with van der Waals surface area (Å²) in [6.45, 7) is 31.1. The first-order valence-electron chi connectivity index (χ1n) is 26.5. The summed E-state index contributed by atoms with van der Waals surface area (Å²) in [5.74, 6) is 1.55. The zero-order chi connectivity index (χ0) is 61.6. The molecule has 0 aliphatic carbocycles. The van der Waals surface area contributed by atoms with E-state index in [1.807, 2.05) is 90.1 Å². The number of hydrogen-bond donors (Lipinski definition) is 10. The van der Waals surface area contributed by atoms with E-state index in [1.165, 1.54) is 0 Å². The number of nitrogens with one attached hydrogen (secondary N) is 5. The van der Waals surface area contributed by atoms with E-state index in [1.54, 1.807) is 136 Å². The number of H-pyrrole nitrogens is 2. The van der Waals surface area contributed by atoms with Gasteiger partial charge in [0.15, 0.2) is 0 Å². The summed E-state index contributed by atoms with van der Waals surface area (Å²) in [6, 6.07) is 11.8. The standard InChI is InChI=1S/C19H27N3O2.C18H25N3O2.C13H15N3O2.C12H13N3O2/c1-18(2,3)13-10-12(11-14(15(13)23)19(4,5)6)16(24)21-17-20-8-9-22(17)7;1-17(2,3)11-9-10(15(19)23)12(16-20-7-8-21-16)13(14(11)22)18(4,5)6;1-8-6-10(7-9(2)11(8)17)12(18)15-13-14-4-5-16(13)3;1-7-5-9(6-8(2)10(7)16)11(17)15-12-13-3-4-14-12/h8-11,23H,1-7H3,(H,20,21,24);7-9,22H,1-6H3,(H2,19,23)(H,20,21);4-7,17H,1-3H3,(H,14,15,18);3-6,16H,1-2H3,(H2,13,14,15,17). The van der Waals surface area contributed by atoms with E-state index < -0.39 is 11.3 Å². The molecule has 0 unspecified atom stereocenters. The molecule has 4 aromatic heterocycles. The molecule has 8 rings (SSSR count). The second-order valence-corrected chi connectivity index (χ2v) is 24.2. The Balaban J connectivity index is 0.000000202. The lowest BCUT2D eigenvalue weighted by atomic mass is 9.75. The number of primary amides is 1. The van der Waals surface area contributed by atoms with Gasteiger partial charge in [-0.25, -0.2) is 19.9 Å². The van der Waals surface area contributed by atoms with Crippen molar-refractivity contribution in [2.75, 3.05) is 16.0 Å². The van der Waals surface area contributed by atoms with E-state index in [2.05, 4.69) is 45.9 Å². The topological polar surface area (TPSA) is 304 Å². The zero-order valence-electron chi connectivity index (χ0n) is 50.3. The molecule has 0 radical (unpaired) electrons. The molecule has 0 saturated carbocycles. The number of amides is 4. The molecule has 4 aromatic carbocycles. The number of benzene rings is 4. The summed E-state index contributed by atoms with van der Waals surface area (Å²) in [4.78, 5) is 70.8. The number of aromatic nitrogens is 8. The van der Waals surface area contributed by atoms with Gasteiger partial charge in [0.25, 0.3) is 17.7 Å². The van der Waals surface area contributed by atoms with Gasteiger partial charge in [-0.05, 0) is 114 Å². The van der Waals surface area contributed by atoms with Crippen molar-refractivity contribution in [3.05, 3.63) is 159 Å². The molecule has 0 spiro atoms. The highest BCUT2D eigenvalue weighted by Crippen LogP contribution is 2.46. The first kappa shape index (κ1) is 63.6. The Morgan fingerprint density at radius 3 is 1.18 bits per heavy atom. The van der Waals surface area contributed by atoms with E-state index in [4.69, 9.17) is 5.73 Å². The molecule has 82 heavy (non-hydrogen) atoms. The molecular formula is C62H80N12O8. The molecule has 0 saturated heterocycles. The van der Waals surface area contributed by atoms with Crippen LogP contribution in [0.15, 0.2) is 92.0 Å². The van der Waals surface area contributed by atoms with Gasteiger partial charge in [0.2, 0.25) is 23.8 Å². The van der Waals surface area contributed by atoms with Gasteiger partial charge < -0.3 is 45.3 Å². The summed E-state index contributed by atoms with van der Waals surface area (Å²) in [5.41, 5.74) is 12.4. The van der Waals surface area contributed by atoms with Gasteiger partial charge in [0.05, 0.1) is 5.56 Å². The SMILES string of the molecule is CC(C)(C)c1cc(C(N)=O)c(-c2ncc[nH]2)c(C(C)(C)C)c1O.Cc1cc(C(=O)Nc2ncc[nH]2)cc(C)c1O.Cc1cc(C(=O)Nc2nccn2C)cc(C)c1O.Cn1ccnc1NC(=O)c1cc(C(C)(C)C)c(O)c(C(C)(C)C)c1. The fourth-order valence-electron chi connectivity index (χ4n) is 8.73. The Morgan fingerprint density at radius 2 is 0.854 bits per heavy atom. The third-order valence-corrected chi connectivity index (χ3v) is 13.2. The third-order valence-electron chi connectivity index (χ3n) is 13.2. The number of rotatable bonds is 8. The summed E-state index contributed by atoms with van der Waals surface area (Å²) in [7, 11) is 3.62. The number of hydrogen-bond acceptors (Lipinski definition) is 12. The molecule has 20 heteroatoms. The Bertz CT molecular complexity index is 3500. The van der Waals surface area contributed by atoms with Crippen molar-refractivity contribution >= 4 is 41.5 Å². The van der Waals surface area contributed by atoms with Gasteiger partial charge in [0.1, 0.15) is 28.8 Å². The van der Waals surface area contributed by atoms with E-state index in [9.17, 15) is 39.6 Å². The van der Waals surface area contributed by atoms with Crippen LogP contribution < -0.4 is 21.7 Å². The van der Waals surface area contributed by atoms with E-state index >= 15 is 0 Å². The van der Waals surface area contributed by atoms with Crippen LogP contribution in [0.25, 0.3) is 11.4 Å². The summed E-state index contributed by atoms with van der Waals surface area (Å²) in [5, 5.41) is 49.1. The fraction of sp³-hybridized carbons (Fsp3) is 0.355. The van der Waals surface area contributed by atoms with Crippen LogP contribution in [0.3, 0.4) is 0 Å². The van der Waals surface area contributed by atoms with Gasteiger partial charge in [-0.3, -0.25) is 35.1 Å². The number of carbonyl (C=O) groups is 4. The molecule has 11 N–H and O–H groups in total. The first-order chi connectivity index (χ1) is 37.9. The molecule has 0 bridgehead atoms. The van der Waals surface area contributed by atoms with Gasteiger partial charge in [-0.2, -0.15) is 0 Å². The lowest BCUT2D eigenvalue weighted by Crippen LogP contribution is -2.23. The molecule has 4 amide bonds. The minimum Gasteiger partial charge on any atom is -0.507 e. The smallest absolute Gasteiger partial charge is 0.257 e. The number of anilines is 3. The predicted molar refractivity (Wildman–Crippen MR) is 321 cm³/mol. The number of imidazole rings is 4. The first-order valence-corrected chi connectivity index (χ1v) is 26.5. The number of aryl methyl sites for hydroxylation is 6. The zero-order valence-corrected chi connectivity index (χ0v) is 50.3. The van der Waals surface area contributed by atoms with Crippen LogP contribution in [-0.4, -0.2) is 83.1 Å². The number of phenols is 4. The molecular weight excluding hydrogens is 1040 g/mol. The summed E-state index contributed by atoms with van der Waals surface area (Å²) < 4.78 is 3.46. The van der Waals surface area contributed by atoms with Crippen LogP contribution in [0.5, 0.6) is 23.0 Å². The number of aromatic amines is 2. The number of carbonyl (C=O) groups excluding carboxylic acids is 4. The normalized spacial score (nSPS) is 11.5. The number of phenolic OH excluding ortho intramolecular Hbond substituents is 4.